The molecule has 0 aliphatic rings. The quantitative estimate of drug-likeness (QED) is 0.174. The van der Waals surface area contributed by atoms with E-state index >= 15 is 0 Å². The van der Waals surface area contributed by atoms with E-state index in [2.05, 4.69) is 118 Å². The highest BCUT2D eigenvalue weighted by molar-refractivity contribution is 7.49. The molecule has 0 atom stereocenters. The highest BCUT2D eigenvalue weighted by Crippen LogP contribution is 2.57. The van der Waals surface area contributed by atoms with Gasteiger partial charge in [-0.05, 0) is 0 Å². The van der Waals surface area contributed by atoms with Crippen LogP contribution in [0.2, 0.25) is 118 Å². The molecule has 0 fully saturated rings. The van der Waals surface area contributed by atoms with Crippen LogP contribution in [-0.2, 0) is 18.1 Å². The van der Waals surface area contributed by atoms with Crippen molar-refractivity contribution in [2.45, 2.75) is 134 Å². The molecule has 194 valence electrons. The van der Waals surface area contributed by atoms with E-state index in [1.165, 1.54) is 0 Å². The SMILES string of the molecule is C[Si](C)(C)C(OP(=O)(OC([Si](C)(C)C)[Si](C)(C)C)OC([Si](C)(C)C)[Si](C)(C)C)[Si](C)(C)C. The van der Waals surface area contributed by atoms with Gasteiger partial charge < -0.3 is 0 Å². The molecule has 0 bridgehead atoms. The molecule has 0 radical (unpaired) electrons. The lowest BCUT2D eigenvalue weighted by molar-refractivity contribution is 0.118. The predicted molar refractivity (Wildman–Crippen MR) is 162 cm³/mol. The first kappa shape index (κ1) is 33.4. The van der Waals surface area contributed by atoms with Crippen LogP contribution < -0.4 is 0 Å². The molecular formula is C21H57O4PSi6. The Hall–Kier alpha value is 1.41. The van der Waals surface area contributed by atoms with Gasteiger partial charge in [0.15, 0.2) is 0 Å². The smallest absolute Gasteiger partial charge is 0.290 e. The van der Waals surface area contributed by atoms with E-state index in [0.29, 0.717) is 0 Å². The Balaban J connectivity index is 6.72. The van der Waals surface area contributed by atoms with Gasteiger partial charge in [-0.3, -0.25) is 13.6 Å². The van der Waals surface area contributed by atoms with Gasteiger partial charge in [-0.15, -0.1) is 0 Å². The van der Waals surface area contributed by atoms with Crippen molar-refractivity contribution in [2.24, 2.45) is 0 Å². The van der Waals surface area contributed by atoms with Crippen LogP contribution in [0, 0.1) is 0 Å². The number of hydrogen-bond acceptors (Lipinski definition) is 4. The summed E-state index contributed by atoms with van der Waals surface area (Å²) >= 11 is 0. The fourth-order valence-electron chi connectivity index (χ4n) is 5.31. The van der Waals surface area contributed by atoms with Gasteiger partial charge in [0.2, 0.25) is 0 Å². The summed E-state index contributed by atoms with van der Waals surface area (Å²) < 4.78 is 35.0. The average molecular weight is 573 g/mol. The van der Waals surface area contributed by atoms with E-state index in [1.807, 2.05) is 0 Å². The summed E-state index contributed by atoms with van der Waals surface area (Å²) in [5.74, 6) is 0. The molecule has 0 spiro atoms. The molecule has 11 heteroatoms. The number of hydrogen-bond donors (Lipinski definition) is 0. The normalized spacial score (nSPS) is 15.9. The first-order valence-corrected chi connectivity index (χ1v) is 35.1. The molecule has 0 aromatic carbocycles. The molecule has 0 amide bonds. The average Bonchev–Trinajstić information content (AvgIpc) is 2.41. The van der Waals surface area contributed by atoms with Gasteiger partial charge in [-0.1, -0.05) is 118 Å². The zero-order chi connectivity index (χ0) is 26.4. The molecule has 0 saturated carbocycles. The lowest BCUT2D eigenvalue weighted by atomic mass is 11.6. The molecule has 0 heterocycles. The fraction of sp³-hybridized carbons (Fsp3) is 1.00. The van der Waals surface area contributed by atoms with E-state index in [4.69, 9.17) is 13.6 Å². The summed E-state index contributed by atoms with van der Waals surface area (Å²) in [5.41, 5.74) is 0. The third-order valence-corrected chi connectivity index (χ3v) is 33.8. The third kappa shape index (κ3) is 10.6. The lowest BCUT2D eigenvalue weighted by Crippen LogP contribution is -2.59. The Bertz CT molecular complexity index is 528. The minimum Gasteiger partial charge on any atom is -0.290 e. The fourth-order valence-corrected chi connectivity index (χ4v) is 47.3. The third-order valence-electron chi connectivity index (χ3n) is 5.42. The standard InChI is InChI=1S/C21H57O4PSi6/c1-27(2,3)19(28(4,5)6)23-26(22,24-20(29(7,8)9)30(10,11)12)25-21(31(13,14)15)32(16,17)18/h19-21H,1-18H3. The van der Waals surface area contributed by atoms with E-state index in [1.54, 1.807) is 0 Å². The molecule has 4 nitrogen and oxygen atoms in total. The molecule has 0 aliphatic heterocycles. The minimum absolute atomic E-state index is 0.00803. The van der Waals surface area contributed by atoms with Crippen LogP contribution in [-0.4, -0.2) is 64.5 Å². The van der Waals surface area contributed by atoms with Gasteiger partial charge in [0.25, 0.3) is 0 Å². The van der Waals surface area contributed by atoms with E-state index in [9.17, 15) is 4.57 Å². The van der Waals surface area contributed by atoms with Crippen molar-refractivity contribution in [1.82, 2.24) is 0 Å². The van der Waals surface area contributed by atoms with E-state index in [-0.39, 0.29) is 16.1 Å². The predicted octanol–water partition coefficient (Wildman–Crippen LogP) is 8.51. The van der Waals surface area contributed by atoms with Crippen molar-refractivity contribution in [1.29, 1.82) is 0 Å². The van der Waals surface area contributed by atoms with Crippen molar-refractivity contribution in [3.63, 3.8) is 0 Å². The largest absolute Gasteiger partial charge is 0.473 e. The van der Waals surface area contributed by atoms with Crippen LogP contribution in [0.15, 0.2) is 0 Å². The maximum atomic E-state index is 14.8. The molecular weight excluding hydrogens is 516 g/mol. The zero-order valence-electron chi connectivity index (χ0n) is 24.8. The highest BCUT2D eigenvalue weighted by Gasteiger charge is 2.52. The van der Waals surface area contributed by atoms with Crippen molar-refractivity contribution in [3.05, 3.63) is 0 Å². The van der Waals surface area contributed by atoms with Gasteiger partial charge in [0.1, 0.15) is 0 Å². The van der Waals surface area contributed by atoms with Crippen LogP contribution in [0.25, 0.3) is 0 Å². The summed E-state index contributed by atoms with van der Waals surface area (Å²) in [6.07, 6.45) is 0. The summed E-state index contributed by atoms with van der Waals surface area (Å²) in [7, 11) is -14.3. The summed E-state index contributed by atoms with van der Waals surface area (Å²) in [6.45, 7) is 41.8. The number of phosphoric acid groups is 1. The molecule has 0 aliphatic carbocycles. The molecule has 0 N–H and O–H groups in total. The summed E-state index contributed by atoms with van der Waals surface area (Å²) in [4.78, 5) is 0. The highest BCUT2D eigenvalue weighted by atomic mass is 31.2. The summed E-state index contributed by atoms with van der Waals surface area (Å²) in [6, 6.07) is 0. The maximum absolute atomic E-state index is 14.8. The number of phosphoric ester groups is 1. The first-order valence-electron chi connectivity index (χ1n) is 12.2. The van der Waals surface area contributed by atoms with E-state index < -0.39 is 56.3 Å². The van der Waals surface area contributed by atoms with Gasteiger partial charge in [0, 0.05) is 0 Å². The summed E-state index contributed by atoms with van der Waals surface area (Å²) in [5, 5.41) is 0.0241. The molecule has 32 heavy (non-hydrogen) atoms. The monoisotopic (exact) mass is 572 g/mol. The van der Waals surface area contributed by atoms with Gasteiger partial charge >= 0.3 is 7.82 Å². The molecule has 0 aromatic rings. The Morgan fingerprint density at radius 3 is 0.594 bits per heavy atom. The Labute approximate surface area is 207 Å². The van der Waals surface area contributed by atoms with Crippen molar-refractivity contribution in [2.75, 3.05) is 0 Å². The second kappa shape index (κ2) is 10.4. The molecule has 0 rings (SSSR count). The van der Waals surface area contributed by atoms with Crippen LogP contribution in [0.5, 0.6) is 0 Å². The maximum Gasteiger partial charge on any atom is 0.473 e. The Morgan fingerprint density at radius 2 is 0.500 bits per heavy atom. The Morgan fingerprint density at radius 1 is 0.375 bits per heavy atom. The van der Waals surface area contributed by atoms with Crippen LogP contribution >= 0.6 is 7.82 Å². The molecule has 0 unspecified atom stereocenters. The minimum atomic E-state index is -3.76. The topological polar surface area (TPSA) is 44.8 Å². The second-order valence-corrected chi connectivity index (χ2v) is 50.9. The van der Waals surface area contributed by atoms with Gasteiger partial charge in [-0.2, -0.15) is 0 Å². The van der Waals surface area contributed by atoms with Gasteiger partial charge in [0.05, 0.1) is 64.5 Å². The van der Waals surface area contributed by atoms with Crippen molar-refractivity contribution >= 4 is 56.3 Å². The zero-order valence-corrected chi connectivity index (χ0v) is 31.7. The van der Waals surface area contributed by atoms with Crippen molar-refractivity contribution in [3.8, 4) is 0 Å². The molecule has 0 aromatic heterocycles. The van der Waals surface area contributed by atoms with Crippen LogP contribution in [0.3, 0.4) is 0 Å². The second-order valence-electron chi connectivity index (χ2n) is 16.1. The first-order chi connectivity index (χ1) is 13.5. The van der Waals surface area contributed by atoms with Gasteiger partial charge in [-0.25, -0.2) is 4.57 Å². The Kier molecular flexibility index (Phi) is 10.9. The number of rotatable bonds is 12. The molecule has 0 saturated heterocycles. The van der Waals surface area contributed by atoms with E-state index in [0.717, 1.165) is 0 Å². The van der Waals surface area contributed by atoms with Crippen LogP contribution in [0.4, 0.5) is 0 Å². The van der Waals surface area contributed by atoms with Crippen LogP contribution in [0.1, 0.15) is 0 Å². The van der Waals surface area contributed by atoms with Crippen molar-refractivity contribution < 1.29 is 18.1 Å². The lowest BCUT2D eigenvalue weighted by Gasteiger charge is -2.46.